The van der Waals surface area contributed by atoms with E-state index in [4.69, 9.17) is 4.74 Å². The van der Waals surface area contributed by atoms with Gasteiger partial charge in [-0.1, -0.05) is 0 Å². The van der Waals surface area contributed by atoms with Crippen LogP contribution in [0.4, 0.5) is 0 Å². The molecule has 0 aliphatic carbocycles. The monoisotopic (exact) mass is 418 g/mol. The maximum Gasteiger partial charge on any atom is 0.351 e. The fraction of sp³-hybridized carbons (Fsp3) is 0.316. The van der Waals surface area contributed by atoms with Gasteiger partial charge in [-0.15, -0.1) is 22.7 Å². The van der Waals surface area contributed by atoms with E-state index in [2.05, 4.69) is 16.4 Å². The van der Waals surface area contributed by atoms with Crippen molar-refractivity contribution in [3.8, 4) is 10.6 Å². The molecule has 3 aromatic rings. The van der Waals surface area contributed by atoms with Crippen molar-refractivity contribution in [2.75, 3.05) is 6.54 Å². The minimum absolute atomic E-state index is 0.152. The molecule has 1 atom stereocenters. The molecule has 0 saturated heterocycles. The maximum absolute atomic E-state index is 12.7. The van der Waals surface area contributed by atoms with Gasteiger partial charge < -0.3 is 9.64 Å². The van der Waals surface area contributed by atoms with Crippen LogP contribution in [0.3, 0.4) is 0 Å². The van der Waals surface area contributed by atoms with E-state index >= 15 is 0 Å². The fourth-order valence-corrected chi connectivity index (χ4v) is 5.60. The van der Waals surface area contributed by atoms with Gasteiger partial charge in [0.1, 0.15) is 9.88 Å². The van der Waals surface area contributed by atoms with Gasteiger partial charge in [-0.05, 0) is 48.7 Å². The molecule has 3 aromatic heterocycles. The van der Waals surface area contributed by atoms with Crippen molar-refractivity contribution in [1.82, 2.24) is 9.88 Å². The number of thiophene rings is 2. The molecule has 0 spiro atoms. The number of rotatable bonds is 4. The number of carbonyl (C=O) groups is 2. The van der Waals surface area contributed by atoms with E-state index in [0.717, 1.165) is 17.0 Å². The summed E-state index contributed by atoms with van der Waals surface area (Å²) < 4.78 is 5.48. The molecule has 1 aliphatic heterocycles. The zero-order valence-corrected chi connectivity index (χ0v) is 17.4. The van der Waals surface area contributed by atoms with E-state index < -0.39 is 12.1 Å². The van der Waals surface area contributed by atoms with Crippen LogP contribution in [0.2, 0.25) is 0 Å². The quantitative estimate of drug-likeness (QED) is 0.590. The first-order valence-electron chi connectivity index (χ1n) is 8.58. The predicted octanol–water partition coefficient (Wildman–Crippen LogP) is 4.37. The number of aryl methyl sites for hydroxylation is 1. The number of nitrogens with zero attached hydrogens (tertiary/aromatic N) is 2. The largest absolute Gasteiger partial charge is 0.448 e. The highest BCUT2D eigenvalue weighted by Crippen LogP contribution is 2.30. The lowest BCUT2D eigenvalue weighted by Gasteiger charge is -2.29. The standard InChI is InChI=1S/C19H18N2O3S3/c1-11-16(27-17(20-11)14-4-7-25-10-14)19(23)24-12(2)18(22)21-6-3-15-13(9-21)5-8-26-15/h4-5,7-8,10,12H,3,6,9H2,1-2H3. The van der Waals surface area contributed by atoms with E-state index in [0.29, 0.717) is 23.7 Å². The number of carbonyl (C=O) groups excluding carboxylic acids is 2. The number of amides is 1. The van der Waals surface area contributed by atoms with Crippen LogP contribution in [-0.4, -0.2) is 34.4 Å². The van der Waals surface area contributed by atoms with E-state index in [9.17, 15) is 9.59 Å². The molecule has 8 heteroatoms. The third-order valence-corrected chi connectivity index (χ3v) is 7.39. The second kappa shape index (κ2) is 7.53. The highest BCUT2D eigenvalue weighted by molar-refractivity contribution is 7.17. The lowest BCUT2D eigenvalue weighted by Crippen LogP contribution is -2.42. The summed E-state index contributed by atoms with van der Waals surface area (Å²) in [5.74, 6) is -0.638. The summed E-state index contributed by atoms with van der Waals surface area (Å²) in [7, 11) is 0. The Morgan fingerprint density at radius 2 is 2.15 bits per heavy atom. The van der Waals surface area contributed by atoms with Crippen LogP contribution < -0.4 is 0 Å². The smallest absolute Gasteiger partial charge is 0.351 e. The molecule has 5 nitrogen and oxygen atoms in total. The summed E-state index contributed by atoms with van der Waals surface area (Å²) in [5, 5.41) is 6.82. The molecule has 4 heterocycles. The normalized spacial score (nSPS) is 14.7. The molecule has 0 aromatic carbocycles. The van der Waals surface area contributed by atoms with Crippen LogP contribution in [-0.2, 0) is 22.5 Å². The number of fused-ring (bicyclic) bond motifs is 1. The Bertz CT molecular complexity index is 974. The van der Waals surface area contributed by atoms with E-state index in [1.54, 1.807) is 41.4 Å². The maximum atomic E-state index is 12.7. The zero-order valence-electron chi connectivity index (χ0n) is 14.9. The number of esters is 1. The average Bonchev–Trinajstić information content (AvgIpc) is 3.40. The minimum Gasteiger partial charge on any atom is -0.448 e. The van der Waals surface area contributed by atoms with Crippen molar-refractivity contribution < 1.29 is 14.3 Å². The second-order valence-corrected chi connectivity index (χ2v) is 9.15. The Labute approximate surface area is 169 Å². The molecule has 1 amide bonds. The van der Waals surface area contributed by atoms with Crippen LogP contribution >= 0.6 is 34.0 Å². The third-order valence-electron chi connectivity index (χ3n) is 4.50. The van der Waals surface area contributed by atoms with Gasteiger partial charge in [0.25, 0.3) is 5.91 Å². The predicted molar refractivity (Wildman–Crippen MR) is 108 cm³/mol. The molecule has 0 radical (unpaired) electrons. The van der Waals surface area contributed by atoms with E-state index in [1.807, 2.05) is 16.8 Å². The van der Waals surface area contributed by atoms with Crippen molar-refractivity contribution in [1.29, 1.82) is 0 Å². The number of thiazole rings is 1. The van der Waals surface area contributed by atoms with Crippen LogP contribution in [0.15, 0.2) is 28.3 Å². The van der Waals surface area contributed by atoms with Gasteiger partial charge in [-0.3, -0.25) is 4.79 Å². The first-order valence-corrected chi connectivity index (χ1v) is 11.2. The van der Waals surface area contributed by atoms with Crippen LogP contribution in [0, 0.1) is 6.92 Å². The summed E-state index contributed by atoms with van der Waals surface area (Å²) in [6, 6.07) is 4.03. The second-order valence-electron chi connectivity index (χ2n) is 6.37. The van der Waals surface area contributed by atoms with Crippen LogP contribution in [0.25, 0.3) is 10.6 Å². The molecule has 1 unspecified atom stereocenters. The molecule has 1 aliphatic rings. The summed E-state index contributed by atoms with van der Waals surface area (Å²) in [6.45, 7) is 4.68. The van der Waals surface area contributed by atoms with Gasteiger partial charge in [-0.25, -0.2) is 9.78 Å². The number of hydrogen-bond donors (Lipinski definition) is 0. The van der Waals surface area contributed by atoms with Gasteiger partial charge in [0.15, 0.2) is 6.10 Å². The fourth-order valence-electron chi connectivity index (χ4n) is 3.05. The molecule has 27 heavy (non-hydrogen) atoms. The number of ether oxygens (including phenoxy) is 1. The SMILES string of the molecule is Cc1nc(-c2ccsc2)sc1C(=O)OC(C)C(=O)N1CCc2sccc2C1. The average molecular weight is 419 g/mol. The molecule has 140 valence electrons. The van der Waals surface area contributed by atoms with Crippen molar-refractivity contribution in [3.05, 3.63) is 49.3 Å². The van der Waals surface area contributed by atoms with E-state index in [-0.39, 0.29) is 5.91 Å². The lowest BCUT2D eigenvalue weighted by atomic mass is 10.1. The van der Waals surface area contributed by atoms with Crippen molar-refractivity contribution in [3.63, 3.8) is 0 Å². The third kappa shape index (κ3) is 3.69. The summed E-state index contributed by atoms with van der Waals surface area (Å²) in [5.41, 5.74) is 2.82. The molecule has 0 N–H and O–H groups in total. The Kier molecular flexibility index (Phi) is 5.12. The molecule has 0 fully saturated rings. The topological polar surface area (TPSA) is 59.5 Å². The van der Waals surface area contributed by atoms with Gasteiger partial charge in [-0.2, -0.15) is 11.3 Å². The highest BCUT2D eigenvalue weighted by atomic mass is 32.1. The summed E-state index contributed by atoms with van der Waals surface area (Å²) in [6.07, 6.45) is 0.0426. The van der Waals surface area contributed by atoms with Gasteiger partial charge in [0, 0.05) is 28.9 Å². The molecule has 4 rings (SSSR count). The Morgan fingerprint density at radius 1 is 1.30 bits per heavy atom. The van der Waals surface area contributed by atoms with Crippen molar-refractivity contribution in [2.45, 2.75) is 32.9 Å². The van der Waals surface area contributed by atoms with Crippen LogP contribution in [0.5, 0.6) is 0 Å². The number of aromatic nitrogens is 1. The Hall–Kier alpha value is -2.03. The molecule has 0 saturated carbocycles. The Balaban J connectivity index is 1.43. The number of hydrogen-bond acceptors (Lipinski definition) is 7. The Morgan fingerprint density at radius 3 is 2.93 bits per heavy atom. The summed E-state index contributed by atoms with van der Waals surface area (Å²) >= 11 is 4.62. The highest BCUT2D eigenvalue weighted by Gasteiger charge is 2.29. The first-order chi connectivity index (χ1) is 13.0. The first kappa shape index (κ1) is 18.3. The zero-order chi connectivity index (χ0) is 19.0. The molecular weight excluding hydrogens is 400 g/mol. The van der Waals surface area contributed by atoms with Gasteiger partial charge >= 0.3 is 5.97 Å². The van der Waals surface area contributed by atoms with Gasteiger partial charge in [0.2, 0.25) is 0 Å². The van der Waals surface area contributed by atoms with Crippen molar-refractivity contribution in [2.24, 2.45) is 0 Å². The minimum atomic E-state index is -0.816. The van der Waals surface area contributed by atoms with Crippen molar-refractivity contribution >= 4 is 45.9 Å². The molecular formula is C19H18N2O3S3. The van der Waals surface area contributed by atoms with Crippen LogP contribution in [0.1, 0.15) is 32.7 Å². The lowest BCUT2D eigenvalue weighted by molar-refractivity contribution is -0.140. The summed E-state index contributed by atoms with van der Waals surface area (Å²) in [4.78, 5) is 33.3. The molecule has 0 bridgehead atoms. The van der Waals surface area contributed by atoms with E-state index in [1.165, 1.54) is 21.8 Å². The van der Waals surface area contributed by atoms with Gasteiger partial charge in [0.05, 0.1) is 5.69 Å².